The number of alkyl halides is 3. The lowest BCUT2D eigenvalue weighted by atomic mass is 9.99. The summed E-state index contributed by atoms with van der Waals surface area (Å²) >= 11 is 1.57. The molecule has 1 aliphatic heterocycles. The molecule has 2 nitrogen and oxygen atoms in total. The lowest BCUT2D eigenvalue weighted by Gasteiger charge is -2.14. The van der Waals surface area contributed by atoms with E-state index in [4.69, 9.17) is 4.74 Å². The zero-order chi connectivity index (χ0) is 23.7. The molecule has 0 atom stereocenters. The summed E-state index contributed by atoms with van der Waals surface area (Å²) in [6, 6.07) is 18.5. The summed E-state index contributed by atoms with van der Waals surface area (Å²) in [7, 11) is 0. The van der Waals surface area contributed by atoms with E-state index in [1.165, 1.54) is 18.9 Å². The highest BCUT2D eigenvalue weighted by Gasteiger charge is 2.34. The molecule has 0 unspecified atom stereocenters. The van der Waals surface area contributed by atoms with E-state index in [9.17, 15) is 17.6 Å². The van der Waals surface area contributed by atoms with Crippen LogP contribution in [0.5, 0.6) is 5.75 Å². The van der Waals surface area contributed by atoms with Crippen molar-refractivity contribution in [1.82, 2.24) is 4.90 Å². The fraction of sp³-hybridized carbons (Fsp3) is 0.259. The lowest BCUT2D eigenvalue weighted by molar-refractivity contribution is -0.139. The number of thiophene rings is 1. The average molecular weight is 486 g/mol. The van der Waals surface area contributed by atoms with Crippen LogP contribution in [0, 0.1) is 5.82 Å². The quantitative estimate of drug-likeness (QED) is 0.258. The molecule has 0 bridgehead atoms. The summed E-state index contributed by atoms with van der Waals surface area (Å²) in [5.74, 6) is -0.451. The van der Waals surface area contributed by atoms with Crippen LogP contribution < -0.4 is 4.74 Å². The monoisotopic (exact) mass is 485 g/mol. The highest BCUT2D eigenvalue weighted by atomic mass is 32.1. The third-order valence-electron chi connectivity index (χ3n) is 6.16. The van der Waals surface area contributed by atoms with E-state index in [2.05, 4.69) is 4.90 Å². The molecule has 0 saturated carbocycles. The van der Waals surface area contributed by atoms with Crippen molar-refractivity contribution in [1.29, 1.82) is 0 Å². The zero-order valence-electron chi connectivity index (χ0n) is 18.4. The summed E-state index contributed by atoms with van der Waals surface area (Å²) < 4.78 is 60.3. The molecule has 0 spiro atoms. The Balaban J connectivity index is 1.38. The van der Waals surface area contributed by atoms with Crippen LogP contribution in [0.15, 0.2) is 66.7 Å². The molecular weight excluding hydrogens is 462 g/mol. The Morgan fingerprint density at radius 2 is 1.62 bits per heavy atom. The van der Waals surface area contributed by atoms with Gasteiger partial charge in [-0.1, -0.05) is 18.2 Å². The van der Waals surface area contributed by atoms with Crippen LogP contribution in [0.3, 0.4) is 0 Å². The summed E-state index contributed by atoms with van der Waals surface area (Å²) in [5.41, 5.74) is 0.740. The summed E-state index contributed by atoms with van der Waals surface area (Å²) in [6.07, 6.45) is -2.22. The fourth-order valence-corrected chi connectivity index (χ4v) is 5.47. The fourth-order valence-electron chi connectivity index (χ4n) is 4.38. The van der Waals surface area contributed by atoms with Crippen LogP contribution in [-0.4, -0.2) is 31.1 Å². The van der Waals surface area contributed by atoms with Crippen LogP contribution in [0.25, 0.3) is 31.7 Å². The van der Waals surface area contributed by atoms with Gasteiger partial charge in [-0.3, -0.25) is 4.90 Å². The molecule has 2 heterocycles. The third kappa shape index (κ3) is 4.81. The first-order valence-electron chi connectivity index (χ1n) is 11.2. The van der Waals surface area contributed by atoms with Crippen molar-refractivity contribution in [3.05, 3.63) is 78.1 Å². The number of benzene rings is 3. The Bertz CT molecular complexity index is 1290. The Morgan fingerprint density at radius 1 is 0.882 bits per heavy atom. The van der Waals surface area contributed by atoms with Gasteiger partial charge in [-0.15, -0.1) is 11.3 Å². The second-order valence-electron chi connectivity index (χ2n) is 8.44. The molecule has 7 heteroatoms. The number of fused-ring (bicyclic) bond motifs is 1. The minimum atomic E-state index is -4.74. The van der Waals surface area contributed by atoms with Gasteiger partial charge in [0, 0.05) is 21.5 Å². The van der Waals surface area contributed by atoms with E-state index < -0.39 is 17.6 Å². The Labute approximate surface area is 199 Å². The highest BCUT2D eigenvalue weighted by molar-refractivity contribution is 7.22. The van der Waals surface area contributed by atoms with Gasteiger partial charge in [-0.2, -0.15) is 13.2 Å². The van der Waals surface area contributed by atoms with Crippen molar-refractivity contribution in [2.24, 2.45) is 0 Å². The normalized spacial score (nSPS) is 14.7. The molecule has 1 saturated heterocycles. The predicted octanol–water partition coefficient (Wildman–Crippen LogP) is 7.87. The maximum Gasteiger partial charge on any atom is 0.419 e. The third-order valence-corrected chi connectivity index (χ3v) is 7.31. The van der Waals surface area contributed by atoms with Gasteiger partial charge in [0.2, 0.25) is 0 Å². The van der Waals surface area contributed by atoms with Gasteiger partial charge in [-0.25, -0.2) is 4.39 Å². The van der Waals surface area contributed by atoms with Gasteiger partial charge in [0.1, 0.15) is 18.2 Å². The molecule has 4 aromatic rings. The molecule has 34 heavy (non-hydrogen) atoms. The minimum absolute atomic E-state index is 0.338. The molecule has 1 aromatic heterocycles. The van der Waals surface area contributed by atoms with E-state index in [0.717, 1.165) is 58.0 Å². The van der Waals surface area contributed by atoms with Gasteiger partial charge in [0.25, 0.3) is 0 Å². The van der Waals surface area contributed by atoms with E-state index in [0.29, 0.717) is 17.7 Å². The van der Waals surface area contributed by atoms with Gasteiger partial charge in [0.15, 0.2) is 0 Å². The molecular formula is C27H23F4NOS. The van der Waals surface area contributed by atoms with Crippen molar-refractivity contribution in [3.8, 4) is 27.3 Å². The van der Waals surface area contributed by atoms with Crippen molar-refractivity contribution in [2.75, 3.05) is 26.2 Å². The molecule has 0 radical (unpaired) electrons. The number of nitrogens with zero attached hydrogens (tertiary/aromatic N) is 1. The number of likely N-dealkylation sites (tertiary alicyclic amines) is 1. The second-order valence-corrected chi connectivity index (χ2v) is 9.53. The lowest BCUT2D eigenvalue weighted by Crippen LogP contribution is -2.25. The first kappa shape index (κ1) is 22.9. The van der Waals surface area contributed by atoms with Crippen molar-refractivity contribution in [3.63, 3.8) is 0 Å². The largest absolute Gasteiger partial charge is 0.492 e. The Hall–Kier alpha value is -2.90. The summed E-state index contributed by atoms with van der Waals surface area (Å²) in [4.78, 5) is 3.41. The SMILES string of the molecule is Fc1ccc(-c2cccc3sc(-c4ccc(OCCN5CCCC5)cc4)cc23)cc1C(F)(F)F. The van der Waals surface area contributed by atoms with Crippen molar-refractivity contribution < 1.29 is 22.3 Å². The van der Waals surface area contributed by atoms with E-state index >= 15 is 0 Å². The zero-order valence-corrected chi connectivity index (χ0v) is 19.2. The van der Waals surface area contributed by atoms with Crippen LogP contribution in [0.4, 0.5) is 17.6 Å². The molecule has 1 aliphatic rings. The molecule has 0 amide bonds. The first-order chi connectivity index (χ1) is 16.4. The van der Waals surface area contributed by atoms with Crippen LogP contribution >= 0.6 is 11.3 Å². The molecule has 5 rings (SSSR count). The van der Waals surface area contributed by atoms with Crippen molar-refractivity contribution in [2.45, 2.75) is 19.0 Å². The van der Waals surface area contributed by atoms with E-state index in [-0.39, 0.29) is 0 Å². The second kappa shape index (κ2) is 9.39. The number of hydrogen-bond acceptors (Lipinski definition) is 3. The molecule has 0 aliphatic carbocycles. The number of hydrogen-bond donors (Lipinski definition) is 0. The van der Waals surface area contributed by atoms with E-state index in [1.807, 2.05) is 42.5 Å². The topological polar surface area (TPSA) is 12.5 Å². The minimum Gasteiger partial charge on any atom is -0.492 e. The predicted molar refractivity (Wildman–Crippen MR) is 129 cm³/mol. The molecule has 0 N–H and O–H groups in total. The Morgan fingerprint density at radius 3 is 2.35 bits per heavy atom. The smallest absolute Gasteiger partial charge is 0.419 e. The summed E-state index contributed by atoms with van der Waals surface area (Å²) in [6.45, 7) is 3.88. The van der Waals surface area contributed by atoms with Crippen molar-refractivity contribution >= 4 is 21.4 Å². The van der Waals surface area contributed by atoms with Crippen LogP contribution in [0.1, 0.15) is 18.4 Å². The average Bonchev–Trinajstić information content (AvgIpc) is 3.49. The van der Waals surface area contributed by atoms with E-state index in [1.54, 1.807) is 17.4 Å². The molecule has 176 valence electrons. The standard InChI is InChI=1S/C27H23F4NOS/c28-24-11-8-19(16-23(24)27(29,30)31)21-4-3-5-25-22(21)17-26(34-25)18-6-9-20(10-7-18)33-15-14-32-12-1-2-13-32/h3-11,16-17H,1-2,12-15H2. The van der Waals surface area contributed by atoms with Gasteiger partial charge < -0.3 is 4.74 Å². The number of rotatable bonds is 6. The molecule has 1 fully saturated rings. The maximum absolute atomic E-state index is 13.8. The first-order valence-corrected chi connectivity index (χ1v) is 12.1. The van der Waals surface area contributed by atoms with Gasteiger partial charge in [0.05, 0.1) is 5.56 Å². The van der Waals surface area contributed by atoms with Crippen LogP contribution in [0.2, 0.25) is 0 Å². The number of ether oxygens (including phenoxy) is 1. The summed E-state index contributed by atoms with van der Waals surface area (Å²) in [5, 5.41) is 0.841. The van der Waals surface area contributed by atoms with Gasteiger partial charge >= 0.3 is 6.18 Å². The maximum atomic E-state index is 13.8. The van der Waals surface area contributed by atoms with Gasteiger partial charge in [-0.05, 0) is 91.2 Å². The molecule has 3 aromatic carbocycles. The highest BCUT2D eigenvalue weighted by Crippen LogP contribution is 2.40. The van der Waals surface area contributed by atoms with Crippen LogP contribution in [-0.2, 0) is 6.18 Å². The Kier molecular flexibility index (Phi) is 6.32. The number of halogens is 4.